The number of amides is 1. The number of hydrogen-bond acceptors (Lipinski definition) is 4. The van der Waals surface area contributed by atoms with E-state index in [-0.39, 0.29) is 18.2 Å². The third-order valence-corrected chi connectivity index (χ3v) is 3.72. The Morgan fingerprint density at radius 2 is 2.14 bits per heavy atom. The van der Waals surface area contributed by atoms with Crippen LogP contribution in [0.1, 0.15) is 33.2 Å². The summed E-state index contributed by atoms with van der Waals surface area (Å²) in [5, 5.41) is 13.0. The van der Waals surface area contributed by atoms with Crippen LogP contribution < -0.4 is 0 Å². The molecule has 0 saturated heterocycles. The Bertz CT molecular complexity index is 707. The van der Waals surface area contributed by atoms with Gasteiger partial charge < -0.3 is 14.5 Å². The molecule has 1 N–H and O–H groups in total. The second-order valence-corrected chi connectivity index (χ2v) is 5.11. The molecule has 6 nitrogen and oxygen atoms in total. The van der Waals surface area contributed by atoms with Crippen molar-refractivity contribution < 1.29 is 19.2 Å². The van der Waals surface area contributed by atoms with Crippen molar-refractivity contribution in [3.8, 4) is 0 Å². The number of carbonyl (C=O) groups is 2. The van der Waals surface area contributed by atoms with Crippen LogP contribution in [-0.4, -0.2) is 33.6 Å². The lowest BCUT2D eigenvalue weighted by atomic mass is 9.89. The van der Waals surface area contributed by atoms with E-state index in [0.29, 0.717) is 12.1 Å². The van der Waals surface area contributed by atoms with Crippen LogP contribution in [0, 0.1) is 6.92 Å². The molecule has 0 aliphatic carbocycles. The van der Waals surface area contributed by atoms with Crippen molar-refractivity contribution >= 4 is 11.9 Å². The minimum absolute atomic E-state index is 0.130. The Hall–Kier alpha value is -2.63. The second kappa shape index (κ2) is 5.05. The lowest BCUT2D eigenvalue weighted by Crippen LogP contribution is -2.40. The first-order valence-electron chi connectivity index (χ1n) is 6.59. The normalized spacial score (nSPS) is 17.4. The number of hydrogen-bond donors (Lipinski definition) is 1. The summed E-state index contributed by atoms with van der Waals surface area (Å²) in [7, 11) is 0. The first-order valence-corrected chi connectivity index (χ1v) is 6.59. The molecule has 21 heavy (non-hydrogen) atoms. The first kappa shape index (κ1) is 13.4. The minimum Gasteiger partial charge on any atom is -0.481 e. The van der Waals surface area contributed by atoms with E-state index in [0.717, 1.165) is 11.1 Å². The molecule has 0 spiro atoms. The summed E-state index contributed by atoms with van der Waals surface area (Å²) >= 11 is 0. The van der Waals surface area contributed by atoms with E-state index in [2.05, 4.69) is 5.16 Å². The van der Waals surface area contributed by atoms with Gasteiger partial charge in [-0.25, -0.2) is 0 Å². The molecule has 1 aliphatic rings. The van der Waals surface area contributed by atoms with Crippen LogP contribution in [0.25, 0.3) is 0 Å². The molecule has 1 atom stereocenters. The van der Waals surface area contributed by atoms with Crippen LogP contribution in [0.5, 0.6) is 0 Å². The highest BCUT2D eigenvalue weighted by Crippen LogP contribution is 2.29. The third kappa shape index (κ3) is 2.29. The van der Waals surface area contributed by atoms with E-state index < -0.39 is 11.9 Å². The molecular formula is C15H14N2O4. The van der Waals surface area contributed by atoms with Gasteiger partial charge in [0.15, 0.2) is 0 Å². The van der Waals surface area contributed by atoms with Gasteiger partial charge in [-0.05, 0) is 18.1 Å². The van der Waals surface area contributed by atoms with Gasteiger partial charge in [0, 0.05) is 18.7 Å². The Labute approximate surface area is 121 Å². The van der Waals surface area contributed by atoms with E-state index in [1.807, 2.05) is 18.2 Å². The van der Waals surface area contributed by atoms with E-state index in [1.54, 1.807) is 13.0 Å². The predicted molar refractivity (Wildman–Crippen MR) is 72.8 cm³/mol. The summed E-state index contributed by atoms with van der Waals surface area (Å²) < 4.78 is 4.97. The quantitative estimate of drug-likeness (QED) is 0.910. The number of carboxylic acid groups (broad SMARTS) is 1. The van der Waals surface area contributed by atoms with Gasteiger partial charge in [0.2, 0.25) is 5.76 Å². The van der Waals surface area contributed by atoms with Gasteiger partial charge in [-0.1, -0.05) is 29.4 Å². The van der Waals surface area contributed by atoms with Crippen molar-refractivity contribution in [3.05, 3.63) is 52.9 Å². The van der Waals surface area contributed by atoms with Gasteiger partial charge in [0.1, 0.15) is 0 Å². The van der Waals surface area contributed by atoms with Crippen molar-refractivity contribution in [1.29, 1.82) is 0 Å². The molecule has 2 aromatic rings. The average molecular weight is 286 g/mol. The van der Waals surface area contributed by atoms with E-state index >= 15 is 0 Å². The maximum absolute atomic E-state index is 12.5. The molecule has 108 valence electrons. The minimum atomic E-state index is -0.936. The highest BCUT2D eigenvalue weighted by atomic mass is 16.5. The molecule has 1 unspecified atom stereocenters. The highest BCUT2D eigenvalue weighted by Gasteiger charge is 2.34. The lowest BCUT2D eigenvalue weighted by molar-refractivity contribution is -0.139. The molecule has 1 aliphatic heterocycles. The average Bonchev–Trinajstić information content (AvgIpc) is 2.91. The Kier molecular flexibility index (Phi) is 3.21. The Morgan fingerprint density at radius 1 is 1.38 bits per heavy atom. The zero-order valence-electron chi connectivity index (χ0n) is 11.4. The number of aromatic nitrogens is 1. The zero-order chi connectivity index (χ0) is 15.0. The lowest BCUT2D eigenvalue weighted by Gasteiger charge is -2.32. The van der Waals surface area contributed by atoms with E-state index in [4.69, 9.17) is 4.52 Å². The Balaban J connectivity index is 1.95. The molecule has 1 amide bonds. The van der Waals surface area contributed by atoms with Crippen LogP contribution in [-0.2, 0) is 11.3 Å². The van der Waals surface area contributed by atoms with Crippen molar-refractivity contribution in [2.24, 2.45) is 0 Å². The van der Waals surface area contributed by atoms with Crippen molar-refractivity contribution in [1.82, 2.24) is 10.1 Å². The van der Waals surface area contributed by atoms with Crippen LogP contribution in [0.2, 0.25) is 0 Å². The molecular weight excluding hydrogens is 272 g/mol. The molecule has 0 saturated carbocycles. The van der Waals surface area contributed by atoms with Crippen LogP contribution in [0.15, 0.2) is 35.0 Å². The number of carbonyl (C=O) groups excluding carboxylic acids is 1. The fourth-order valence-electron chi connectivity index (χ4n) is 2.61. The van der Waals surface area contributed by atoms with Gasteiger partial charge in [-0.15, -0.1) is 0 Å². The fraction of sp³-hybridized carbons (Fsp3) is 0.267. The number of rotatable bonds is 2. The summed E-state index contributed by atoms with van der Waals surface area (Å²) in [6.07, 6.45) is 1.47. The molecule has 6 heteroatoms. The van der Waals surface area contributed by atoms with Crippen molar-refractivity contribution in [2.75, 3.05) is 6.54 Å². The standard InChI is InChI=1S/C15H14N2O4/c1-9-6-16-21-13(9)14(18)17-7-10-4-2-3-5-11(10)12(8-17)15(19)20/h2-6,12H,7-8H2,1H3,(H,19,20). The number of aryl methyl sites for hydroxylation is 1. The summed E-state index contributed by atoms with van der Waals surface area (Å²) in [5.41, 5.74) is 2.26. The van der Waals surface area contributed by atoms with Crippen LogP contribution in [0.3, 0.4) is 0 Å². The maximum Gasteiger partial charge on any atom is 0.312 e. The highest BCUT2D eigenvalue weighted by molar-refractivity contribution is 5.93. The number of aliphatic carboxylic acids is 1. The van der Waals surface area contributed by atoms with Gasteiger partial charge in [0.25, 0.3) is 5.91 Å². The van der Waals surface area contributed by atoms with Gasteiger partial charge in [-0.3, -0.25) is 9.59 Å². The first-order chi connectivity index (χ1) is 10.1. The smallest absolute Gasteiger partial charge is 0.312 e. The zero-order valence-corrected chi connectivity index (χ0v) is 11.4. The molecule has 3 rings (SSSR count). The maximum atomic E-state index is 12.5. The number of fused-ring (bicyclic) bond motifs is 1. The monoisotopic (exact) mass is 286 g/mol. The largest absolute Gasteiger partial charge is 0.481 e. The summed E-state index contributed by atoms with van der Waals surface area (Å²) in [6.45, 7) is 2.24. The van der Waals surface area contributed by atoms with E-state index in [9.17, 15) is 14.7 Å². The molecule has 2 heterocycles. The topological polar surface area (TPSA) is 83.6 Å². The number of carboxylic acids is 1. The van der Waals surface area contributed by atoms with Crippen LogP contribution in [0.4, 0.5) is 0 Å². The molecule has 0 radical (unpaired) electrons. The summed E-state index contributed by atoms with van der Waals surface area (Å²) in [4.78, 5) is 25.4. The fourth-order valence-corrected chi connectivity index (χ4v) is 2.61. The molecule has 0 bridgehead atoms. The summed E-state index contributed by atoms with van der Waals surface area (Å²) in [6, 6.07) is 7.30. The molecule has 1 aromatic carbocycles. The number of benzene rings is 1. The van der Waals surface area contributed by atoms with Gasteiger partial charge >= 0.3 is 5.97 Å². The molecule has 0 fully saturated rings. The van der Waals surface area contributed by atoms with Gasteiger partial charge in [-0.2, -0.15) is 0 Å². The number of nitrogens with zero attached hydrogens (tertiary/aromatic N) is 2. The van der Waals surface area contributed by atoms with Crippen LogP contribution >= 0.6 is 0 Å². The summed E-state index contributed by atoms with van der Waals surface area (Å²) in [5.74, 6) is -1.82. The van der Waals surface area contributed by atoms with E-state index in [1.165, 1.54) is 11.1 Å². The predicted octanol–water partition coefficient (Wildman–Crippen LogP) is 1.81. The van der Waals surface area contributed by atoms with Crippen molar-refractivity contribution in [2.45, 2.75) is 19.4 Å². The Morgan fingerprint density at radius 3 is 2.81 bits per heavy atom. The third-order valence-electron chi connectivity index (χ3n) is 3.72. The molecule has 1 aromatic heterocycles. The SMILES string of the molecule is Cc1cnoc1C(=O)N1Cc2ccccc2C(C(=O)O)C1. The second-order valence-electron chi connectivity index (χ2n) is 5.11. The van der Waals surface area contributed by atoms with Crippen molar-refractivity contribution in [3.63, 3.8) is 0 Å². The van der Waals surface area contributed by atoms with Gasteiger partial charge in [0.05, 0.1) is 12.1 Å².